The van der Waals surface area contributed by atoms with Gasteiger partial charge in [-0.1, -0.05) is 48.0 Å². The van der Waals surface area contributed by atoms with Crippen LogP contribution in [-0.2, 0) is 0 Å². The monoisotopic (exact) mass is 365 g/mol. The van der Waals surface area contributed by atoms with Gasteiger partial charge in [0, 0.05) is 21.4 Å². The van der Waals surface area contributed by atoms with Crippen molar-refractivity contribution in [2.24, 2.45) is 0 Å². The van der Waals surface area contributed by atoms with Crippen molar-refractivity contribution in [3.8, 4) is 5.75 Å². The number of furan rings is 1. The first-order chi connectivity index (χ1) is 12.6. The van der Waals surface area contributed by atoms with E-state index in [-0.39, 0.29) is 11.7 Å². The third-order valence-electron chi connectivity index (χ3n) is 4.44. The molecule has 1 amide bonds. The van der Waals surface area contributed by atoms with E-state index in [0.717, 1.165) is 21.7 Å². The lowest BCUT2D eigenvalue weighted by atomic mass is 10.1. The van der Waals surface area contributed by atoms with Crippen molar-refractivity contribution >= 4 is 44.9 Å². The van der Waals surface area contributed by atoms with Crippen molar-refractivity contribution in [3.63, 3.8) is 0 Å². The van der Waals surface area contributed by atoms with Crippen molar-refractivity contribution in [1.82, 2.24) is 0 Å². The van der Waals surface area contributed by atoms with Gasteiger partial charge in [-0.2, -0.15) is 0 Å². The summed E-state index contributed by atoms with van der Waals surface area (Å²) in [5.74, 6) is 0.462. The number of methoxy groups -OCH3 is 1. The Hall–Kier alpha value is -2.98. The molecule has 4 nitrogen and oxygen atoms in total. The average Bonchev–Trinajstić information content (AvgIpc) is 2.99. The van der Waals surface area contributed by atoms with Gasteiger partial charge in [-0.05, 0) is 30.5 Å². The van der Waals surface area contributed by atoms with Gasteiger partial charge in [-0.3, -0.25) is 4.79 Å². The number of hydrogen-bond acceptors (Lipinski definition) is 3. The second kappa shape index (κ2) is 6.39. The van der Waals surface area contributed by atoms with Crippen LogP contribution in [0.4, 0.5) is 5.69 Å². The number of nitrogens with one attached hydrogen (secondary N) is 1. The molecule has 0 atom stereocenters. The molecule has 3 aromatic carbocycles. The van der Waals surface area contributed by atoms with E-state index < -0.39 is 0 Å². The van der Waals surface area contributed by atoms with Crippen molar-refractivity contribution in [1.29, 1.82) is 0 Å². The van der Waals surface area contributed by atoms with Crippen LogP contribution < -0.4 is 10.1 Å². The lowest BCUT2D eigenvalue weighted by molar-refractivity contribution is 0.0997. The Morgan fingerprint density at radius 1 is 1.08 bits per heavy atom. The number of aryl methyl sites for hydroxylation is 1. The fourth-order valence-electron chi connectivity index (χ4n) is 3.12. The minimum Gasteiger partial charge on any atom is -0.495 e. The Morgan fingerprint density at radius 3 is 2.69 bits per heavy atom. The molecule has 0 fully saturated rings. The van der Waals surface area contributed by atoms with E-state index in [4.69, 9.17) is 20.8 Å². The minimum absolute atomic E-state index is 0.276. The standard InChI is InChI=1S/C21H16ClNO3/c1-12-15-9-7-13-5-3-4-6-16(13)20(15)26-19(12)21(24)23-17-11-14(22)8-10-18(17)25-2/h3-11H,1-2H3,(H,23,24). The highest BCUT2D eigenvalue weighted by molar-refractivity contribution is 6.31. The number of benzene rings is 3. The van der Waals surface area contributed by atoms with Gasteiger partial charge in [0.2, 0.25) is 0 Å². The number of hydrogen-bond donors (Lipinski definition) is 1. The first kappa shape index (κ1) is 16.5. The molecule has 0 aliphatic rings. The first-order valence-electron chi connectivity index (χ1n) is 8.14. The molecule has 0 saturated carbocycles. The summed E-state index contributed by atoms with van der Waals surface area (Å²) < 4.78 is 11.2. The first-order valence-corrected chi connectivity index (χ1v) is 8.52. The van der Waals surface area contributed by atoms with Gasteiger partial charge in [0.05, 0.1) is 12.8 Å². The second-order valence-electron chi connectivity index (χ2n) is 6.02. The quantitative estimate of drug-likeness (QED) is 0.498. The van der Waals surface area contributed by atoms with Crippen LogP contribution in [-0.4, -0.2) is 13.0 Å². The Balaban J connectivity index is 1.79. The Labute approximate surface area is 155 Å². The van der Waals surface area contributed by atoms with E-state index >= 15 is 0 Å². The highest BCUT2D eigenvalue weighted by Gasteiger charge is 2.20. The number of amides is 1. The molecule has 130 valence electrons. The van der Waals surface area contributed by atoms with Crippen LogP contribution in [0.25, 0.3) is 21.7 Å². The maximum atomic E-state index is 12.8. The number of carbonyl (C=O) groups is 1. The largest absolute Gasteiger partial charge is 0.495 e. The van der Waals surface area contributed by atoms with Crippen LogP contribution in [0.1, 0.15) is 16.1 Å². The Kier molecular flexibility index (Phi) is 4.05. The highest BCUT2D eigenvalue weighted by Crippen LogP contribution is 2.33. The topological polar surface area (TPSA) is 51.5 Å². The third kappa shape index (κ3) is 2.68. The molecule has 0 unspecified atom stereocenters. The zero-order valence-corrected chi connectivity index (χ0v) is 15.1. The number of anilines is 1. The summed E-state index contributed by atoms with van der Waals surface area (Å²) in [6, 6.07) is 17.0. The molecule has 1 N–H and O–H groups in total. The fraction of sp³-hybridized carbons (Fsp3) is 0.0952. The third-order valence-corrected chi connectivity index (χ3v) is 4.68. The molecule has 5 heteroatoms. The zero-order chi connectivity index (χ0) is 18.3. The normalized spacial score (nSPS) is 11.0. The molecule has 0 aliphatic carbocycles. The van der Waals surface area contributed by atoms with E-state index in [9.17, 15) is 4.79 Å². The molecular weight excluding hydrogens is 350 g/mol. The summed E-state index contributed by atoms with van der Waals surface area (Å²) >= 11 is 6.03. The van der Waals surface area contributed by atoms with Crippen LogP contribution in [0.3, 0.4) is 0 Å². The van der Waals surface area contributed by atoms with E-state index in [2.05, 4.69) is 5.32 Å². The molecule has 0 radical (unpaired) electrons. The second-order valence-corrected chi connectivity index (χ2v) is 6.45. The number of fused-ring (bicyclic) bond motifs is 3. The smallest absolute Gasteiger partial charge is 0.291 e. The maximum Gasteiger partial charge on any atom is 0.291 e. The fourth-order valence-corrected chi connectivity index (χ4v) is 3.29. The summed E-state index contributed by atoms with van der Waals surface area (Å²) in [6.45, 7) is 1.88. The van der Waals surface area contributed by atoms with Crippen LogP contribution in [0, 0.1) is 6.92 Å². The predicted octanol–water partition coefficient (Wildman–Crippen LogP) is 5.81. The van der Waals surface area contributed by atoms with E-state index in [1.165, 1.54) is 7.11 Å². The van der Waals surface area contributed by atoms with Crippen LogP contribution >= 0.6 is 11.6 Å². The van der Waals surface area contributed by atoms with Gasteiger partial charge in [0.25, 0.3) is 5.91 Å². The molecule has 4 rings (SSSR count). The minimum atomic E-state index is -0.344. The van der Waals surface area contributed by atoms with Crippen LogP contribution in [0.15, 0.2) is 59.0 Å². The summed E-state index contributed by atoms with van der Waals surface area (Å²) in [6.07, 6.45) is 0. The molecule has 4 aromatic rings. The van der Waals surface area contributed by atoms with E-state index in [0.29, 0.717) is 22.0 Å². The molecule has 1 aromatic heterocycles. The maximum absolute atomic E-state index is 12.8. The van der Waals surface area contributed by atoms with Gasteiger partial charge >= 0.3 is 0 Å². The van der Waals surface area contributed by atoms with E-state index in [1.54, 1.807) is 18.2 Å². The molecular formula is C21H16ClNO3. The summed E-state index contributed by atoms with van der Waals surface area (Å²) in [7, 11) is 1.54. The molecule has 0 aliphatic heterocycles. The number of carbonyl (C=O) groups excluding carboxylic acids is 1. The van der Waals surface area contributed by atoms with Crippen molar-refractivity contribution in [3.05, 3.63) is 70.9 Å². The molecule has 26 heavy (non-hydrogen) atoms. The van der Waals surface area contributed by atoms with E-state index in [1.807, 2.05) is 43.3 Å². The summed E-state index contributed by atoms with van der Waals surface area (Å²) in [5.41, 5.74) is 2.00. The van der Waals surface area contributed by atoms with Crippen molar-refractivity contribution in [2.75, 3.05) is 12.4 Å². The number of ether oxygens (including phenoxy) is 1. The zero-order valence-electron chi connectivity index (χ0n) is 14.3. The summed E-state index contributed by atoms with van der Waals surface area (Å²) in [5, 5.41) is 6.30. The van der Waals surface area contributed by atoms with Gasteiger partial charge in [-0.15, -0.1) is 0 Å². The molecule has 1 heterocycles. The summed E-state index contributed by atoms with van der Waals surface area (Å²) in [4.78, 5) is 12.8. The van der Waals surface area contributed by atoms with Gasteiger partial charge in [0.15, 0.2) is 5.76 Å². The van der Waals surface area contributed by atoms with Crippen LogP contribution in [0.2, 0.25) is 5.02 Å². The van der Waals surface area contributed by atoms with Crippen molar-refractivity contribution in [2.45, 2.75) is 6.92 Å². The number of halogens is 1. The average molecular weight is 366 g/mol. The van der Waals surface area contributed by atoms with Crippen molar-refractivity contribution < 1.29 is 13.9 Å². The molecule has 0 spiro atoms. The lowest BCUT2D eigenvalue weighted by Crippen LogP contribution is -2.12. The Bertz CT molecular complexity index is 1150. The highest BCUT2D eigenvalue weighted by atomic mass is 35.5. The molecule has 0 saturated heterocycles. The van der Waals surface area contributed by atoms with Gasteiger partial charge in [0.1, 0.15) is 11.3 Å². The SMILES string of the molecule is COc1ccc(Cl)cc1NC(=O)c1oc2c(ccc3ccccc32)c1C. The molecule has 0 bridgehead atoms. The lowest BCUT2D eigenvalue weighted by Gasteiger charge is -2.09. The number of rotatable bonds is 3. The Morgan fingerprint density at radius 2 is 1.88 bits per heavy atom. The predicted molar refractivity (Wildman–Crippen MR) is 104 cm³/mol. The van der Waals surface area contributed by atoms with Gasteiger partial charge < -0.3 is 14.5 Å². The van der Waals surface area contributed by atoms with Gasteiger partial charge in [-0.25, -0.2) is 0 Å². The van der Waals surface area contributed by atoms with Crippen LogP contribution in [0.5, 0.6) is 5.75 Å².